The molecule has 16 heavy (non-hydrogen) atoms. The number of rotatable bonds is 5. The van der Waals surface area contributed by atoms with Crippen LogP contribution in [0.1, 0.15) is 46.0 Å². The van der Waals surface area contributed by atoms with Crippen molar-refractivity contribution in [3.05, 3.63) is 0 Å². The monoisotopic (exact) mass is 226 g/mol. The number of hydrogen-bond donors (Lipinski definition) is 2. The van der Waals surface area contributed by atoms with Crippen LogP contribution < -0.4 is 10.6 Å². The molecular weight excluding hydrogens is 204 g/mol. The molecule has 1 aliphatic rings. The molecule has 1 saturated heterocycles. The van der Waals surface area contributed by atoms with Gasteiger partial charge in [0.05, 0.1) is 5.92 Å². The minimum absolute atomic E-state index is 0.0400. The molecule has 2 amide bonds. The van der Waals surface area contributed by atoms with E-state index in [1.165, 1.54) is 0 Å². The summed E-state index contributed by atoms with van der Waals surface area (Å²) in [5.74, 6) is 0.105. The van der Waals surface area contributed by atoms with Crippen molar-refractivity contribution in [3.8, 4) is 0 Å². The fourth-order valence-electron chi connectivity index (χ4n) is 1.90. The van der Waals surface area contributed by atoms with E-state index in [1.807, 2.05) is 6.92 Å². The summed E-state index contributed by atoms with van der Waals surface area (Å²) in [6.07, 6.45) is 4.48. The zero-order valence-corrected chi connectivity index (χ0v) is 10.2. The number of carbonyl (C=O) groups excluding carboxylic acids is 2. The highest BCUT2D eigenvalue weighted by atomic mass is 16.2. The lowest BCUT2D eigenvalue weighted by atomic mass is 9.98. The third kappa shape index (κ3) is 4.21. The van der Waals surface area contributed by atoms with Gasteiger partial charge in [-0.3, -0.25) is 9.59 Å². The quantitative estimate of drug-likeness (QED) is 0.740. The van der Waals surface area contributed by atoms with E-state index in [4.69, 9.17) is 0 Å². The summed E-state index contributed by atoms with van der Waals surface area (Å²) in [5.41, 5.74) is 0. The molecule has 0 aromatic carbocycles. The van der Waals surface area contributed by atoms with Crippen molar-refractivity contribution in [2.75, 3.05) is 6.54 Å². The van der Waals surface area contributed by atoms with Crippen LogP contribution in [0.25, 0.3) is 0 Å². The van der Waals surface area contributed by atoms with Gasteiger partial charge in [0.25, 0.3) is 0 Å². The summed E-state index contributed by atoms with van der Waals surface area (Å²) in [6.45, 7) is 4.67. The topological polar surface area (TPSA) is 58.2 Å². The summed E-state index contributed by atoms with van der Waals surface area (Å²) < 4.78 is 0. The molecule has 4 nitrogen and oxygen atoms in total. The molecule has 0 aromatic rings. The zero-order chi connectivity index (χ0) is 12.0. The van der Waals surface area contributed by atoms with Crippen LogP contribution in [0.3, 0.4) is 0 Å². The molecule has 2 atom stereocenters. The molecule has 1 aliphatic heterocycles. The first-order valence-corrected chi connectivity index (χ1v) is 6.20. The Morgan fingerprint density at radius 3 is 2.94 bits per heavy atom. The average Bonchev–Trinajstić information content (AvgIpc) is 2.27. The maximum Gasteiger partial charge on any atom is 0.225 e. The minimum atomic E-state index is -0.0400. The van der Waals surface area contributed by atoms with Crippen LogP contribution >= 0.6 is 0 Å². The predicted molar refractivity (Wildman–Crippen MR) is 62.9 cm³/mol. The van der Waals surface area contributed by atoms with Crippen molar-refractivity contribution in [1.29, 1.82) is 0 Å². The lowest BCUT2D eigenvalue weighted by molar-refractivity contribution is -0.129. The van der Waals surface area contributed by atoms with Gasteiger partial charge in [-0.25, -0.2) is 0 Å². The maximum atomic E-state index is 11.8. The van der Waals surface area contributed by atoms with Crippen LogP contribution in [-0.2, 0) is 9.59 Å². The first-order valence-electron chi connectivity index (χ1n) is 6.20. The van der Waals surface area contributed by atoms with E-state index in [0.717, 1.165) is 19.3 Å². The average molecular weight is 226 g/mol. The second-order valence-electron chi connectivity index (χ2n) is 4.59. The Morgan fingerprint density at radius 2 is 2.38 bits per heavy atom. The summed E-state index contributed by atoms with van der Waals surface area (Å²) in [6, 6.07) is 0.241. The highest BCUT2D eigenvalue weighted by Gasteiger charge is 2.24. The smallest absolute Gasteiger partial charge is 0.225 e. The number of amides is 2. The van der Waals surface area contributed by atoms with E-state index in [9.17, 15) is 9.59 Å². The van der Waals surface area contributed by atoms with Crippen LogP contribution in [0.15, 0.2) is 0 Å². The molecule has 2 unspecified atom stereocenters. The Hall–Kier alpha value is -1.06. The van der Waals surface area contributed by atoms with Crippen LogP contribution in [-0.4, -0.2) is 24.4 Å². The summed E-state index contributed by atoms with van der Waals surface area (Å²) in [4.78, 5) is 22.8. The van der Waals surface area contributed by atoms with Gasteiger partial charge < -0.3 is 10.6 Å². The molecule has 0 spiro atoms. The van der Waals surface area contributed by atoms with Crippen LogP contribution in [0.5, 0.6) is 0 Å². The standard InChI is InChI=1S/C12H22N2O2/c1-3-4-5-9(2)14-12(16)10-6-7-11(15)13-8-10/h9-10H,3-8H2,1-2H3,(H,13,15)(H,14,16). The third-order valence-electron chi connectivity index (χ3n) is 3.02. The predicted octanol–water partition coefficient (Wildman–Crippen LogP) is 1.21. The van der Waals surface area contributed by atoms with Gasteiger partial charge in [0.1, 0.15) is 0 Å². The Labute approximate surface area is 97.2 Å². The number of carbonyl (C=O) groups is 2. The molecule has 1 fully saturated rings. The SMILES string of the molecule is CCCCC(C)NC(=O)C1CCC(=O)NC1. The lowest BCUT2D eigenvalue weighted by Crippen LogP contribution is -2.45. The molecule has 1 heterocycles. The Morgan fingerprint density at radius 1 is 1.62 bits per heavy atom. The highest BCUT2D eigenvalue weighted by Crippen LogP contribution is 2.11. The van der Waals surface area contributed by atoms with Crippen molar-refractivity contribution in [1.82, 2.24) is 10.6 Å². The van der Waals surface area contributed by atoms with Crippen molar-refractivity contribution in [2.24, 2.45) is 5.92 Å². The van der Waals surface area contributed by atoms with Gasteiger partial charge in [-0.15, -0.1) is 0 Å². The maximum absolute atomic E-state index is 11.8. The summed E-state index contributed by atoms with van der Waals surface area (Å²) in [5, 5.41) is 5.74. The van der Waals surface area contributed by atoms with E-state index in [1.54, 1.807) is 0 Å². The molecule has 4 heteroatoms. The molecule has 0 saturated carbocycles. The van der Waals surface area contributed by atoms with Gasteiger partial charge >= 0.3 is 0 Å². The molecule has 0 aromatic heterocycles. The fraction of sp³-hybridized carbons (Fsp3) is 0.833. The number of unbranched alkanes of at least 4 members (excludes halogenated alkanes) is 1. The second-order valence-corrected chi connectivity index (χ2v) is 4.59. The van der Waals surface area contributed by atoms with Gasteiger partial charge in [-0.1, -0.05) is 19.8 Å². The van der Waals surface area contributed by atoms with E-state index in [0.29, 0.717) is 19.4 Å². The molecule has 0 aliphatic carbocycles. The largest absolute Gasteiger partial charge is 0.355 e. The van der Waals surface area contributed by atoms with Crippen molar-refractivity contribution >= 4 is 11.8 Å². The van der Waals surface area contributed by atoms with Gasteiger partial charge in [-0.05, 0) is 19.8 Å². The fourth-order valence-corrected chi connectivity index (χ4v) is 1.90. The summed E-state index contributed by atoms with van der Waals surface area (Å²) >= 11 is 0. The minimum Gasteiger partial charge on any atom is -0.355 e. The Kier molecular flexibility index (Phi) is 5.29. The van der Waals surface area contributed by atoms with Crippen LogP contribution in [0.4, 0.5) is 0 Å². The first-order chi connectivity index (χ1) is 7.63. The van der Waals surface area contributed by atoms with Crippen molar-refractivity contribution in [2.45, 2.75) is 52.0 Å². The van der Waals surface area contributed by atoms with Crippen molar-refractivity contribution < 1.29 is 9.59 Å². The Balaban J connectivity index is 2.26. The molecule has 0 radical (unpaired) electrons. The van der Waals surface area contributed by atoms with Crippen molar-refractivity contribution in [3.63, 3.8) is 0 Å². The molecule has 92 valence electrons. The second kappa shape index (κ2) is 6.51. The van der Waals surface area contributed by atoms with E-state index < -0.39 is 0 Å². The van der Waals surface area contributed by atoms with Gasteiger partial charge in [-0.2, -0.15) is 0 Å². The zero-order valence-electron chi connectivity index (χ0n) is 10.2. The van der Waals surface area contributed by atoms with Gasteiger partial charge in [0.2, 0.25) is 11.8 Å². The third-order valence-corrected chi connectivity index (χ3v) is 3.02. The molecular formula is C12H22N2O2. The normalized spacial score (nSPS) is 22.4. The number of hydrogen-bond acceptors (Lipinski definition) is 2. The highest BCUT2D eigenvalue weighted by molar-refractivity contribution is 5.83. The van der Waals surface area contributed by atoms with E-state index >= 15 is 0 Å². The van der Waals surface area contributed by atoms with E-state index in [2.05, 4.69) is 17.6 Å². The van der Waals surface area contributed by atoms with Gasteiger partial charge in [0.15, 0.2) is 0 Å². The van der Waals surface area contributed by atoms with Gasteiger partial charge in [0, 0.05) is 19.0 Å². The first kappa shape index (κ1) is 13.0. The van der Waals surface area contributed by atoms with Crippen LogP contribution in [0, 0.1) is 5.92 Å². The lowest BCUT2D eigenvalue weighted by Gasteiger charge is -2.23. The van der Waals surface area contributed by atoms with E-state index in [-0.39, 0.29) is 23.8 Å². The Bertz CT molecular complexity index is 243. The molecule has 2 N–H and O–H groups in total. The number of nitrogens with one attached hydrogen (secondary N) is 2. The summed E-state index contributed by atoms with van der Waals surface area (Å²) in [7, 11) is 0. The molecule has 1 rings (SSSR count). The van der Waals surface area contributed by atoms with Crippen LogP contribution in [0.2, 0.25) is 0 Å². The number of piperidine rings is 1. The molecule has 0 bridgehead atoms.